The van der Waals surface area contributed by atoms with Gasteiger partial charge in [-0.05, 0) is 52.9 Å². The molecule has 0 N–H and O–H groups in total. The van der Waals surface area contributed by atoms with Gasteiger partial charge in [0.1, 0.15) is 0 Å². The summed E-state index contributed by atoms with van der Waals surface area (Å²) in [6.07, 6.45) is 6.89. The number of nitrogens with zero attached hydrogens (tertiary/aromatic N) is 1. The van der Waals surface area contributed by atoms with Gasteiger partial charge in [0, 0.05) is 23.3 Å². The number of hydrogen-bond acceptors (Lipinski definition) is 2. The van der Waals surface area contributed by atoms with Crippen LogP contribution in [0.25, 0.3) is 0 Å². The second-order valence-corrected chi connectivity index (χ2v) is 4.81. The van der Waals surface area contributed by atoms with E-state index >= 15 is 0 Å². The second-order valence-electron chi connectivity index (χ2n) is 3.96. The minimum Gasteiger partial charge on any atom is -0.295 e. The molecule has 0 bridgehead atoms. The second kappa shape index (κ2) is 4.27. The van der Waals surface area contributed by atoms with E-state index in [9.17, 15) is 4.79 Å². The van der Waals surface area contributed by atoms with E-state index in [4.69, 9.17) is 0 Å². The van der Waals surface area contributed by atoms with E-state index in [1.165, 1.54) is 11.1 Å². The van der Waals surface area contributed by atoms with Crippen molar-refractivity contribution in [3.8, 4) is 0 Å². The Morgan fingerprint density at radius 2 is 2.27 bits per heavy atom. The topological polar surface area (TPSA) is 30.0 Å². The Bertz CT molecular complexity index is 425. The Balaban J connectivity index is 2.30. The predicted octanol–water partition coefficient (Wildman–Crippen LogP) is 3.24. The molecule has 0 spiro atoms. The van der Waals surface area contributed by atoms with Crippen LogP contribution in [0.4, 0.5) is 0 Å². The summed E-state index contributed by atoms with van der Waals surface area (Å²) in [7, 11) is 0. The predicted molar refractivity (Wildman–Crippen MR) is 62.7 cm³/mol. The van der Waals surface area contributed by atoms with Crippen LogP contribution in [-0.2, 0) is 4.79 Å². The molecule has 1 unspecified atom stereocenters. The maximum atomic E-state index is 11.5. The Labute approximate surface area is 97.5 Å². The molecule has 0 aromatic carbocycles. The molecule has 1 atom stereocenters. The highest BCUT2D eigenvalue weighted by Gasteiger charge is 2.21. The zero-order chi connectivity index (χ0) is 10.8. The minimum absolute atomic E-state index is 0.229. The number of ketones is 1. The van der Waals surface area contributed by atoms with Crippen molar-refractivity contribution >= 4 is 21.7 Å². The molecule has 1 heterocycles. The molecule has 3 heteroatoms. The van der Waals surface area contributed by atoms with Crippen molar-refractivity contribution in [3.05, 3.63) is 40.1 Å². The highest BCUT2D eigenvalue weighted by atomic mass is 79.9. The van der Waals surface area contributed by atoms with Crippen LogP contribution in [0.1, 0.15) is 31.2 Å². The van der Waals surface area contributed by atoms with E-state index in [1.54, 1.807) is 18.5 Å². The lowest BCUT2D eigenvalue weighted by atomic mass is 9.84. The van der Waals surface area contributed by atoms with Gasteiger partial charge < -0.3 is 0 Å². The fraction of sp³-hybridized carbons (Fsp3) is 0.333. The molecule has 0 saturated heterocycles. The van der Waals surface area contributed by atoms with E-state index < -0.39 is 0 Å². The largest absolute Gasteiger partial charge is 0.295 e. The Hall–Kier alpha value is -0.960. The van der Waals surface area contributed by atoms with Gasteiger partial charge in [-0.2, -0.15) is 0 Å². The summed E-state index contributed by atoms with van der Waals surface area (Å²) < 4.78 is 0.998. The van der Waals surface area contributed by atoms with E-state index in [2.05, 4.69) is 20.9 Å². The summed E-state index contributed by atoms with van der Waals surface area (Å²) in [5.74, 6) is 0.535. The molecule has 1 aromatic heterocycles. The van der Waals surface area contributed by atoms with Crippen LogP contribution in [0.5, 0.6) is 0 Å². The molecule has 0 amide bonds. The summed E-state index contributed by atoms with van der Waals surface area (Å²) in [6, 6.07) is 1.99. The molecule has 0 aliphatic heterocycles. The number of allylic oxidation sites excluding steroid dienone is 2. The highest BCUT2D eigenvalue weighted by molar-refractivity contribution is 9.10. The molecule has 1 aromatic rings. The number of pyridine rings is 1. The van der Waals surface area contributed by atoms with Crippen molar-refractivity contribution < 1.29 is 4.79 Å². The highest BCUT2D eigenvalue weighted by Crippen LogP contribution is 2.34. The molecular weight excluding hydrogens is 254 g/mol. The molecule has 78 valence electrons. The third kappa shape index (κ3) is 2.34. The Morgan fingerprint density at radius 1 is 1.47 bits per heavy atom. The standard InChI is InChI=1S/C12H12BrNO/c1-8-4-9(6-10(15)5-8)11-2-3-14-7-12(11)13/h2-3,5,7,9H,4,6H2,1H3. The molecule has 2 rings (SSSR count). The van der Waals surface area contributed by atoms with Crippen LogP contribution in [0.15, 0.2) is 34.6 Å². The Kier molecular flexibility index (Phi) is 3.00. The third-order valence-electron chi connectivity index (χ3n) is 2.67. The molecular formula is C12H12BrNO. The van der Waals surface area contributed by atoms with E-state index in [0.717, 1.165) is 10.9 Å². The van der Waals surface area contributed by atoms with Gasteiger partial charge in [-0.15, -0.1) is 0 Å². The lowest BCUT2D eigenvalue weighted by Gasteiger charge is -2.21. The monoisotopic (exact) mass is 265 g/mol. The lowest BCUT2D eigenvalue weighted by molar-refractivity contribution is -0.115. The summed E-state index contributed by atoms with van der Waals surface area (Å²) in [4.78, 5) is 15.5. The number of hydrogen-bond donors (Lipinski definition) is 0. The molecule has 15 heavy (non-hydrogen) atoms. The van der Waals surface area contributed by atoms with Crippen molar-refractivity contribution in [1.82, 2.24) is 4.98 Å². The van der Waals surface area contributed by atoms with Crippen molar-refractivity contribution in [3.63, 3.8) is 0 Å². The first-order valence-corrected chi connectivity index (χ1v) is 5.75. The zero-order valence-electron chi connectivity index (χ0n) is 8.53. The fourth-order valence-corrected chi connectivity index (χ4v) is 2.61. The number of carbonyl (C=O) groups is 1. The lowest BCUT2D eigenvalue weighted by Crippen LogP contribution is -2.12. The molecule has 0 fully saturated rings. The first kappa shape index (κ1) is 10.6. The number of aromatic nitrogens is 1. The SMILES string of the molecule is CC1=CC(=O)CC(c2ccncc2Br)C1. The molecule has 2 nitrogen and oxygen atoms in total. The fourth-order valence-electron chi connectivity index (χ4n) is 2.03. The van der Waals surface area contributed by atoms with Crippen molar-refractivity contribution in [1.29, 1.82) is 0 Å². The number of carbonyl (C=O) groups excluding carboxylic acids is 1. The van der Waals surface area contributed by atoms with Crippen LogP contribution in [0.3, 0.4) is 0 Å². The summed E-state index contributed by atoms with van der Waals surface area (Å²) in [5.41, 5.74) is 2.35. The molecule has 1 aliphatic carbocycles. The number of rotatable bonds is 1. The van der Waals surface area contributed by atoms with Gasteiger partial charge in [-0.1, -0.05) is 5.57 Å². The van der Waals surface area contributed by atoms with E-state index in [0.29, 0.717) is 12.3 Å². The van der Waals surface area contributed by atoms with Crippen LogP contribution >= 0.6 is 15.9 Å². The minimum atomic E-state index is 0.229. The quantitative estimate of drug-likeness (QED) is 0.781. The van der Waals surface area contributed by atoms with E-state index in [1.807, 2.05) is 13.0 Å². The molecule has 0 saturated carbocycles. The van der Waals surface area contributed by atoms with Gasteiger partial charge in [-0.3, -0.25) is 9.78 Å². The van der Waals surface area contributed by atoms with Crippen LogP contribution < -0.4 is 0 Å². The summed E-state index contributed by atoms with van der Waals surface area (Å²) >= 11 is 3.48. The van der Waals surface area contributed by atoms with Crippen LogP contribution in [0, 0.1) is 0 Å². The van der Waals surface area contributed by atoms with Crippen LogP contribution in [0.2, 0.25) is 0 Å². The third-order valence-corrected chi connectivity index (χ3v) is 3.33. The van der Waals surface area contributed by atoms with Crippen molar-refractivity contribution in [2.75, 3.05) is 0 Å². The maximum absolute atomic E-state index is 11.5. The zero-order valence-corrected chi connectivity index (χ0v) is 10.1. The van der Waals surface area contributed by atoms with E-state index in [-0.39, 0.29) is 5.78 Å². The van der Waals surface area contributed by atoms with Gasteiger partial charge in [0.15, 0.2) is 5.78 Å². The van der Waals surface area contributed by atoms with Gasteiger partial charge in [0.05, 0.1) is 0 Å². The van der Waals surface area contributed by atoms with Gasteiger partial charge in [0.2, 0.25) is 0 Å². The van der Waals surface area contributed by atoms with Gasteiger partial charge in [0.25, 0.3) is 0 Å². The summed E-state index contributed by atoms with van der Waals surface area (Å²) in [5, 5.41) is 0. The molecule has 0 radical (unpaired) electrons. The summed E-state index contributed by atoms with van der Waals surface area (Å²) in [6.45, 7) is 2.01. The average molecular weight is 266 g/mol. The van der Waals surface area contributed by atoms with Crippen molar-refractivity contribution in [2.24, 2.45) is 0 Å². The average Bonchev–Trinajstić information content (AvgIpc) is 2.16. The molecule has 1 aliphatic rings. The maximum Gasteiger partial charge on any atom is 0.156 e. The number of halogens is 1. The van der Waals surface area contributed by atoms with Gasteiger partial charge >= 0.3 is 0 Å². The first-order chi connectivity index (χ1) is 7.16. The van der Waals surface area contributed by atoms with Gasteiger partial charge in [-0.25, -0.2) is 0 Å². The normalized spacial score (nSPS) is 21.3. The van der Waals surface area contributed by atoms with Crippen LogP contribution in [-0.4, -0.2) is 10.8 Å². The first-order valence-electron chi connectivity index (χ1n) is 4.96. The van der Waals surface area contributed by atoms with Crippen molar-refractivity contribution in [2.45, 2.75) is 25.7 Å². The Morgan fingerprint density at radius 3 is 2.93 bits per heavy atom. The smallest absolute Gasteiger partial charge is 0.156 e.